The molecule has 0 bridgehead atoms. The molecule has 2 aromatic rings. The van der Waals surface area contributed by atoms with Crippen LogP contribution in [0.1, 0.15) is 28.4 Å². The Kier molecular flexibility index (Phi) is 6.00. The van der Waals surface area contributed by atoms with Gasteiger partial charge in [0.1, 0.15) is 11.5 Å². The van der Waals surface area contributed by atoms with Gasteiger partial charge in [0.2, 0.25) is 5.91 Å². The smallest absolute Gasteiger partial charge is 0.251 e. The summed E-state index contributed by atoms with van der Waals surface area (Å²) < 4.78 is 10.7. The van der Waals surface area contributed by atoms with Crippen molar-refractivity contribution in [3.05, 3.63) is 53.1 Å². The Bertz CT molecular complexity index is 787. The summed E-state index contributed by atoms with van der Waals surface area (Å²) >= 11 is 0. The lowest BCUT2D eigenvalue weighted by atomic mass is 10.1. The molecule has 6 nitrogen and oxygen atoms in total. The second-order valence-electron chi connectivity index (χ2n) is 5.58. The summed E-state index contributed by atoms with van der Waals surface area (Å²) in [6.07, 6.45) is 0. The summed E-state index contributed by atoms with van der Waals surface area (Å²) in [5.74, 6) is 0.992. The van der Waals surface area contributed by atoms with Gasteiger partial charge in [0.25, 0.3) is 5.91 Å². The van der Waals surface area contributed by atoms with Gasteiger partial charge in [-0.2, -0.15) is 0 Å². The molecular weight excluding hydrogens is 320 g/mol. The van der Waals surface area contributed by atoms with Crippen molar-refractivity contribution in [2.75, 3.05) is 19.5 Å². The standard InChI is InChI=1S/C19H22N2O4/c1-12-8-18(25-4)15(10-17(12)24-3)11-20-19(23)14-6-5-7-16(9-14)21-13(2)22/h5-10H,11H2,1-4H3,(H,20,23)(H,21,22). The second kappa shape index (κ2) is 8.19. The highest BCUT2D eigenvalue weighted by molar-refractivity contribution is 5.96. The average molecular weight is 342 g/mol. The predicted molar refractivity (Wildman–Crippen MR) is 96.2 cm³/mol. The van der Waals surface area contributed by atoms with Crippen LogP contribution in [0.25, 0.3) is 0 Å². The maximum Gasteiger partial charge on any atom is 0.251 e. The Morgan fingerprint density at radius 3 is 2.40 bits per heavy atom. The Morgan fingerprint density at radius 2 is 1.76 bits per heavy atom. The van der Waals surface area contributed by atoms with Crippen molar-refractivity contribution in [3.63, 3.8) is 0 Å². The van der Waals surface area contributed by atoms with Gasteiger partial charge in [-0.05, 0) is 42.8 Å². The highest BCUT2D eigenvalue weighted by Crippen LogP contribution is 2.28. The first-order chi connectivity index (χ1) is 11.9. The molecule has 0 spiro atoms. The molecule has 6 heteroatoms. The van der Waals surface area contributed by atoms with Gasteiger partial charge in [0.05, 0.1) is 14.2 Å². The number of methoxy groups -OCH3 is 2. The zero-order valence-electron chi connectivity index (χ0n) is 14.8. The van der Waals surface area contributed by atoms with E-state index < -0.39 is 0 Å². The van der Waals surface area contributed by atoms with Crippen LogP contribution in [0.4, 0.5) is 5.69 Å². The van der Waals surface area contributed by atoms with E-state index in [1.165, 1.54) is 6.92 Å². The fraction of sp³-hybridized carbons (Fsp3) is 0.263. The first kappa shape index (κ1) is 18.3. The minimum atomic E-state index is -0.242. The molecule has 0 aliphatic rings. The molecule has 0 unspecified atom stereocenters. The molecule has 0 aromatic heterocycles. The van der Waals surface area contributed by atoms with Crippen LogP contribution in [-0.2, 0) is 11.3 Å². The van der Waals surface area contributed by atoms with Crippen molar-refractivity contribution in [2.24, 2.45) is 0 Å². The van der Waals surface area contributed by atoms with E-state index in [4.69, 9.17) is 9.47 Å². The lowest BCUT2D eigenvalue weighted by Gasteiger charge is -2.14. The third-order valence-electron chi connectivity index (χ3n) is 3.68. The number of nitrogens with one attached hydrogen (secondary N) is 2. The van der Waals surface area contributed by atoms with E-state index in [0.717, 1.165) is 16.9 Å². The summed E-state index contributed by atoms with van der Waals surface area (Å²) in [5.41, 5.74) is 2.81. The second-order valence-corrected chi connectivity index (χ2v) is 5.58. The van der Waals surface area contributed by atoms with Crippen molar-refractivity contribution in [1.82, 2.24) is 5.32 Å². The highest BCUT2D eigenvalue weighted by atomic mass is 16.5. The third kappa shape index (κ3) is 4.73. The summed E-state index contributed by atoms with van der Waals surface area (Å²) in [6.45, 7) is 3.64. The van der Waals surface area contributed by atoms with E-state index >= 15 is 0 Å². The topological polar surface area (TPSA) is 76.7 Å². The number of carbonyl (C=O) groups is 2. The van der Waals surface area contributed by atoms with Gasteiger partial charge in [-0.15, -0.1) is 0 Å². The zero-order valence-corrected chi connectivity index (χ0v) is 14.8. The molecule has 0 fully saturated rings. The molecule has 2 amide bonds. The SMILES string of the molecule is COc1cc(CNC(=O)c2cccc(NC(C)=O)c2)c(OC)cc1C. The first-order valence-corrected chi connectivity index (χ1v) is 7.82. The summed E-state index contributed by atoms with van der Waals surface area (Å²) in [7, 11) is 3.19. The molecule has 0 saturated carbocycles. The molecule has 0 atom stereocenters. The van der Waals surface area contributed by atoms with Crippen molar-refractivity contribution >= 4 is 17.5 Å². The number of carbonyl (C=O) groups excluding carboxylic acids is 2. The quantitative estimate of drug-likeness (QED) is 0.846. The van der Waals surface area contributed by atoms with Gasteiger partial charge in [-0.3, -0.25) is 9.59 Å². The summed E-state index contributed by atoms with van der Waals surface area (Å²) in [4.78, 5) is 23.5. The van der Waals surface area contributed by atoms with Crippen LogP contribution in [0.3, 0.4) is 0 Å². The van der Waals surface area contributed by atoms with Crippen LogP contribution in [0, 0.1) is 6.92 Å². The highest BCUT2D eigenvalue weighted by Gasteiger charge is 2.11. The lowest BCUT2D eigenvalue weighted by molar-refractivity contribution is -0.114. The van der Waals surface area contributed by atoms with Crippen LogP contribution in [0.2, 0.25) is 0 Å². The molecular formula is C19H22N2O4. The summed E-state index contributed by atoms with van der Waals surface area (Å²) in [5, 5.41) is 5.51. The Balaban J connectivity index is 2.13. The van der Waals surface area contributed by atoms with Gasteiger partial charge in [-0.25, -0.2) is 0 Å². The molecule has 25 heavy (non-hydrogen) atoms. The van der Waals surface area contributed by atoms with Crippen molar-refractivity contribution < 1.29 is 19.1 Å². The normalized spacial score (nSPS) is 10.1. The molecule has 2 N–H and O–H groups in total. The maximum atomic E-state index is 12.4. The lowest BCUT2D eigenvalue weighted by Crippen LogP contribution is -2.23. The molecule has 0 heterocycles. The number of ether oxygens (including phenoxy) is 2. The fourth-order valence-electron chi connectivity index (χ4n) is 2.47. The largest absolute Gasteiger partial charge is 0.496 e. The number of aryl methyl sites for hydroxylation is 1. The number of rotatable bonds is 6. The van der Waals surface area contributed by atoms with Crippen LogP contribution in [-0.4, -0.2) is 26.0 Å². The minimum Gasteiger partial charge on any atom is -0.496 e. The first-order valence-electron chi connectivity index (χ1n) is 7.82. The van der Waals surface area contributed by atoms with Gasteiger partial charge in [-0.1, -0.05) is 6.07 Å². The zero-order chi connectivity index (χ0) is 18.4. The predicted octanol–water partition coefficient (Wildman–Crippen LogP) is 2.90. The summed E-state index contributed by atoms with van der Waals surface area (Å²) in [6, 6.07) is 10.5. The van der Waals surface area contributed by atoms with E-state index in [9.17, 15) is 9.59 Å². The number of benzene rings is 2. The van der Waals surface area contributed by atoms with E-state index in [1.807, 2.05) is 19.1 Å². The Hall–Kier alpha value is -3.02. The van der Waals surface area contributed by atoms with Crippen LogP contribution in [0.15, 0.2) is 36.4 Å². The number of hydrogen-bond acceptors (Lipinski definition) is 4. The van der Waals surface area contributed by atoms with E-state index in [0.29, 0.717) is 23.5 Å². The monoisotopic (exact) mass is 342 g/mol. The minimum absolute atomic E-state index is 0.186. The molecule has 0 aliphatic carbocycles. The van der Waals surface area contributed by atoms with E-state index in [2.05, 4.69) is 10.6 Å². The van der Waals surface area contributed by atoms with Gasteiger partial charge in [0.15, 0.2) is 0 Å². The molecule has 2 aromatic carbocycles. The van der Waals surface area contributed by atoms with E-state index in [1.54, 1.807) is 38.5 Å². The average Bonchev–Trinajstić information content (AvgIpc) is 2.59. The number of hydrogen-bond donors (Lipinski definition) is 2. The van der Waals surface area contributed by atoms with Gasteiger partial charge in [0, 0.05) is 30.3 Å². The number of anilines is 1. The van der Waals surface area contributed by atoms with Crippen molar-refractivity contribution in [2.45, 2.75) is 20.4 Å². The van der Waals surface area contributed by atoms with Crippen LogP contribution in [0.5, 0.6) is 11.5 Å². The van der Waals surface area contributed by atoms with E-state index in [-0.39, 0.29) is 11.8 Å². The van der Waals surface area contributed by atoms with Crippen LogP contribution >= 0.6 is 0 Å². The van der Waals surface area contributed by atoms with Crippen LogP contribution < -0.4 is 20.1 Å². The molecule has 0 aliphatic heterocycles. The van der Waals surface area contributed by atoms with Gasteiger partial charge >= 0.3 is 0 Å². The molecule has 0 radical (unpaired) electrons. The van der Waals surface area contributed by atoms with Crippen molar-refractivity contribution in [1.29, 1.82) is 0 Å². The van der Waals surface area contributed by atoms with Crippen molar-refractivity contribution in [3.8, 4) is 11.5 Å². The van der Waals surface area contributed by atoms with Gasteiger partial charge < -0.3 is 20.1 Å². The number of amides is 2. The molecule has 132 valence electrons. The third-order valence-corrected chi connectivity index (χ3v) is 3.68. The molecule has 2 rings (SSSR count). The fourth-order valence-corrected chi connectivity index (χ4v) is 2.47. The Labute approximate surface area is 147 Å². The maximum absolute atomic E-state index is 12.4. The Morgan fingerprint density at radius 1 is 1.04 bits per heavy atom. The molecule has 0 saturated heterocycles.